The maximum atomic E-state index is 5.90. The lowest BCUT2D eigenvalue weighted by Crippen LogP contribution is -2.46. The first-order valence-electron chi connectivity index (χ1n) is 9.97. The fourth-order valence-corrected chi connectivity index (χ4v) is 5.03. The van der Waals surface area contributed by atoms with Gasteiger partial charge in [-0.2, -0.15) is 4.98 Å². The number of anilines is 2. The van der Waals surface area contributed by atoms with Crippen molar-refractivity contribution in [3.05, 3.63) is 24.8 Å². The summed E-state index contributed by atoms with van der Waals surface area (Å²) in [5.41, 5.74) is 1.96. The Balaban J connectivity index is 1.61. The predicted molar refractivity (Wildman–Crippen MR) is 114 cm³/mol. The predicted octanol–water partition coefficient (Wildman–Crippen LogP) is 2.60. The van der Waals surface area contributed by atoms with Crippen molar-refractivity contribution in [2.45, 2.75) is 26.1 Å². The molecule has 29 heavy (non-hydrogen) atoms. The SMILES string of the molecule is C[C@@H]1CN(c2nc(N3CCOCC3)c3sc(-c4cncnc4)cc3n2)C[C@H](C)O1. The maximum absolute atomic E-state index is 5.90. The van der Waals surface area contributed by atoms with Gasteiger partial charge in [0.15, 0.2) is 5.82 Å². The monoisotopic (exact) mass is 412 g/mol. The van der Waals surface area contributed by atoms with E-state index in [4.69, 9.17) is 19.4 Å². The van der Waals surface area contributed by atoms with Crippen molar-refractivity contribution in [2.75, 3.05) is 49.2 Å². The molecule has 8 nitrogen and oxygen atoms in total. The third-order valence-corrected chi connectivity index (χ3v) is 6.37. The van der Waals surface area contributed by atoms with Gasteiger partial charge in [0.2, 0.25) is 5.95 Å². The van der Waals surface area contributed by atoms with Crippen molar-refractivity contribution in [3.63, 3.8) is 0 Å². The lowest BCUT2D eigenvalue weighted by molar-refractivity contribution is -0.00569. The molecule has 0 aromatic carbocycles. The first kappa shape index (κ1) is 18.7. The Morgan fingerprint density at radius 2 is 1.72 bits per heavy atom. The molecule has 2 atom stereocenters. The number of hydrogen-bond donors (Lipinski definition) is 0. The van der Waals surface area contributed by atoms with E-state index in [0.717, 1.165) is 71.8 Å². The summed E-state index contributed by atoms with van der Waals surface area (Å²) in [6, 6.07) is 2.13. The molecule has 2 aliphatic heterocycles. The third-order valence-electron chi connectivity index (χ3n) is 5.20. The van der Waals surface area contributed by atoms with Crippen molar-refractivity contribution in [1.82, 2.24) is 19.9 Å². The summed E-state index contributed by atoms with van der Waals surface area (Å²) in [5.74, 6) is 1.77. The van der Waals surface area contributed by atoms with Crippen molar-refractivity contribution < 1.29 is 9.47 Å². The number of fused-ring (bicyclic) bond motifs is 1. The number of thiophene rings is 1. The molecular weight excluding hydrogens is 388 g/mol. The Morgan fingerprint density at radius 3 is 2.45 bits per heavy atom. The molecule has 2 aliphatic rings. The third kappa shape index (κ3) is 3.77. The molecule has 0 saturated carbocycles. The highest BCUT2D eigenvalue weighted by Gasteiger charge is 2.27. The van der Waals surface area contributed by atoms with Crippen LogP contribution in [-0.2, 0) is 9.47 Å². The van der Waals surface area contributed by atoms with E-state index in [1.165, 1.54) is 0 Å². The number of hydrogen-bond acceptors (Lipinski definition) is 9. The molecule has 5 heterocycles. The van der Waals surface area contributed by atoms with Crippen LogP contribution in [0.15, 0.2) is 24.8 Å². The number of morpholine rings is 2. The Hall–Kier alpha value is -2.36. The Labute approximate surface area is 173 Å². The average Bonchev–Trinajstić information content (AvgIpc) is 3.18. The van der Waals surface area contributed by atoms with E-state index in [0.29, 0.717) is 0 Å². The van der Waals surface area contributed by atoms with Crippen molar-refractivity contribution >= 4 is 33.3 Å². The van der Waals surface area contributed by atoms with Crippen LogP contribution < -0.4 is 9.80 Å². The van der Waals surface area contributed by atoms with Gasteiger partial charge in [0.1, 0.15) is 6.33 Å². The summed E-state index contributed by atoms with van der Waals surface area (Å²) >= 11 is 1.70. The quantitative estimate of drug-likeness (QED) is 0.650. The van der Waals surface area contributed by atoms with E-state index < -0.39 is 0 Å². The molecule has 0 bridgehead atoms. The van der Waals surface area contributed by atoms with Gasteiger partial charge in [-0.3, -0.25) is 0 Å². The van der Waals surface area contributed by atoms with Crippen molar-refractivity contribution in [2.24, 2.45) is 0 Å². The summed E-state index contributed by atoms with van der Waals surface area (Å²) in [5, 5.41) is 0. The summed E-state index contributed by atoms with van der Waals surface area (Å²) in [4.78, 5) is 24.0. The Bertz CT molecular complexity index is 981. The van der Waals surface area contributed by atoms with E-state index >= 15 is 0 Å². The first-order chi connectivity index (χ1) is 14.2. The van der Waals surface area contributed by atoms with Crippen LogP contribution in [0.3, 0.4) is 0 Å². The van der Waals surface area contributed by atoms with Crippen molar-refractivity contribution in [1.29, 1.82) is 0 Å². The molecule has 3 aromatic rings. The normalized spacial score (nSPS) is 23.0. The van der Waals surface area contributed by atoms with E-state index in [1.807, 2.05) is 12.4 Å². The van der Waals surface area contributed by atoms with Gasteiger partial charge in [-0.25, -0.2) is 15.0 Å². The summed E-state index contributed by atoms with van der Waals surface area (Å²) < 4.78 is 12.6. The maximum Gasteiger partial charge on any atom is 0.228 e. The number of rotatable bonds is 3. The van der Waals surface area contributed by atoms with E-state index in [2.05, 4.69) is 39.7 Å². The fourth-order valence-electron chi connectivity index (χ4n) is 3.94. The fraction of sp³-hybridized carbons (Fsp3) is 0.500. The zero-order chi connectivity index (χ0) is 19.8. The Morgan fingerprint density at radius 1 is 1.00 bits per heavy atom. The van der Waals surface area contributed by atoms with Gasteiger partial charge in [0, 0.05) is 49.0 Å². The standard InChI is InChI=1S/C20H24N6O2S/c1-13-10-26(11-14(2)28-13)20-23-16-7-17(15-8-21-12-22-9-15)29-18(16)19(24-20)25-3-5-27-6-4-25/h7-9,12-14H,3-6,10-11H2,1-2H3/t13-,14+. The van der Waals surface area contributed by atoms with Gasteiger partial charge in [-0.1, -0.05) is 0 Å². The molecule has 0 N–H and O–H groups in total. The van der Waals surface area contributed by atoms with E-state index in [-0.39, 0.29) is 12.2 Å². The van der Waals surface area contributed by atoms with Gasteiger partial charge in [0.05, 0.1) is 35.6 Å². The zero-order valence-corrected chi connectivity index (χ0v) is 17.4. The molecule has 0 unspecified atom stereocenters. The second kappa shape index (κ2) is 7.81. The summed E-state index contributed by atoms with van der Waals surface area (Å²) in [6.45, 7) is 8.90. The minimum absolute atomic E-state index is 0.157. The van der Waals surface area contributed by atoms with Crippen molar-refractivity contribution in [3.8, 4) is 10.4 Å². The molecule has 0 amide bonds. The van der Waals surface area contributed by atoms with Gasteiger partial charge in [0.25, 0.3) is 0 Å². The summed E-state index contributed by atoms with van der Waals surface area (Å²) in [7, 11) is 0. The van der Waals surface area contributed by atoms with Gasteiger partial charge in [-0.15, -0.1) is 11.3 Å². The van der Waals surface area contributed by atoms with Crippen LogP contribution >= 0.6 is 11.3 Å². The molecule has 5 rings (SSSR count). The second-order valence-electron chi connectivity index (χ2n) is 7.56. The molecule has 152 valence electrons. The Kier molecular flexibility index (Phi) is 5.03. The van der Waals surface area contributed by atoms with Crippen LogP contribution in [0.5, 0.6) is 0 Å². The largest absolute Gasteiger partial charge is 0.378 e. The molecule has 2 saturated heterocycles. The molecule has 3 aromatic heterocycles. The van der Waals surface area contributed by atoms with Crippen LogP contribution in [0.4, 0.5) is 11.8 Å². The minimum atomic E-state index is 0.157. The van der Waals surface area contributed by atoms with Crippen LogP contribution in [0, 0.1) is 0 Å². The zero-order valence-electron chi connectivity index (χ0n) is 16.6. The lowest BCUT2D eigenvalue weighted by atomic mass is 10.2. The van der Waals surface area contributed by atoms with Crippen LogP contribution in [0.1, 0.15) is 13.8 Å². The smallest absolute Gasteiger partial charge is 0.228 e. The van der Waals surface area contributed by atoms with Crippen LogP contribution in [0.25, 0.3) is 20.7 Å². The van der Waals surface area contributed by atoms with Gasteiger partial charge < -0.3 is 19.3 Å². The molecular formula is C20H24N6O2S. The minimum Gasteiger partial charge on any atom is -0.378 e. The van der Waals surface area contributed by atoms with E-state index in [1.54, 1.807) is 17.7 Å². The molecule has 0 spiro atoms. The molecule has 2 fully saturated rings. The highest BCUT2D eigenvalue weighted by molar-refractivity contribution is 7.22. The van der Waals surface area contributed by atoms with Gasteiger partial charge >= 0.3 is 0 Å². The molecule has 0 aliphatic carbocycles. The van der Waals surface area contributed by atoms with Crippen LogP contribution in [0.2, 0.25) is 0 Å². The van der Waals surface area contributed by atoms with E-state index in [9.17, 15) is 0 Å². The second-order valence-corrected chi connectivity index (χ2v) is 8.61. The number of nitrogens with zero attached hydrogens (tertiary/aromatic N) is 6. The first-order valence-corrected chi connectivity index (χ1v) is 10.8. The summed E-state index contributed by atoms with van der Waals surface area (Å²) in [6.07, 6.45) is 5.54. The topological polar surface area (TPSA) is 76.5 Å². The van der Waals surface area contributed by atoms with Gasteiger partial charge in [-0.05, 0) is 19.9 Å². The molecule has 9 heteroatoms. The average molecular weight is 413 g/mol. The number of aromatic nitrogens is 4. The molecule has 0 radical (unpaired) electrons. The highest BCUT2D eigenvalue weighted by Crippen LogP contribution is 2.38. The highest BCUT2D eigenvalue weighted by atomic mass is 32.1. The lowest BCUT2D eigenvalue weighted by Gasteiger charge is -2.36. The number of ether oxygens (including phenoxy) is 2. The van der Waals surface area contributed by atoms with Crippen LogP contribution in [-0.4, -0.2) is 71.5 Å².